The molecule has 0 radical (unpaired) electrons. The summed E-state index contributed by atoms with van der Waals surface area (Å²) >= 11 is 1.48. The molecule has 2 atom stereocenters. The van der Waals surface area contributed by atoms with Gasteiger partial charge in [-0.05, 0) is 43.9 Å². The summed E-state index contributed by atoms with van der Waals surface area (Å²) in [6.45, 7) is 8.96. The monoisotopic (exact) mass is 406 g/mol. The minimum Gasteiger partial charge on any atom is -0.344 e. The zero-order chi connectivity index (χ0) is 19.5. The van der Waals surface area contributed by atoms with E-state index in [2.05, 4.69) is 44.5 Å². The van der Waals surface area contributed by atoms with Gasteiger partial charge >= 0.3 is 6.03 Å². The molecule has 0 bridgehead atoms. The molecule has 4 rings (SSSR count). The number of anilines is 2. The number of carbonyl (C=O) groups is 1. The van der Waals surface area contributed by atoms with Gasteiger partial charge in [0.15, 0.2) is 0 Å². The molecule has 2 N–H and O–H groups in total. The Morgan fingerprint density at radius 2 is 1.68 bits per heavy atom. The van der Waals surface area contributed by atoms with Crippen LogP contribution in [-0.2, 0) is 0 Å². The summed E-state index contributed by atoms with van der Waals surface area (Å²) in [5.41, 5.74) is 0. The van der Waals surface area contributed by atoms with E-state index in [1.165, 1.54) is 43.4 Å². The summed E-state index contributed by atoms with van der Waals surface area (Å²) < 4.78 is 0. The first-order valence-electron chi connectivity index (χ1n) is 11.0. The Balaban J connectivity index is 1.25. The van der Waals surface area contributed by atoms with Crippen LogP contribution in [0.5, 0.6) is 0 Å². The SMILES string of the molecule is CC1CC(C)CC(N2CCN(c3nnc(NC(=O)NC4CCCC4)s3)CC2)C1. The molecule has 1 saturated heterocycles. The van der Waals surface area contributed by atoms with Crippen LogP contribution in [0.3, 0.4) is 0 Å². The predicted octanol–water partition coefficient (Wildman–Crippen LogP) is 3.55. The average Bonchev–Trinajstić information content (AvgIpc) is 3.33. The second kappa shape index (κ2) is 8.95. The normalized spacial score (nSPS) is 29.8. The van der Waals surface area contributed by atoms with Gasteiger partial charge in [-0.2, -0.15) is 0 Å². The van der Waals surface area contributed by atoms with Crippen LogP contribution >= 0.6 is 11.3 Å². The van der Waals surface area contributed by atoms with Crippen molar-refractivity contribution in [1.82, 2.24) is 20.4 Å². The summed E-state index contributed by atoms with van der Waals surface area (Å²) in [7, 11) is 0. The van der Waals surface area contributed by atoms with Crippen molar-refractivity contribution in [2.75, 3.05) is 36.4 Å². The van der Waals surface area contributed by atoms with E-state index in [9.17, 15) is 4.79 Å². The maximum absolute atomic E-state index is 12.1. The Morgan fingerprint density at radius 3 is 2.36 bits per heavy atom. The third-order valence-electron chi connectivity index (χ3n) is 6.58. The molecule has 2 unspecified atom stereocenters. The van der Waals surface area contributed by atoms with Crippen molar-refractivity contribution in [1.29, 1.82) is 0 Å². The second-order valence-electron chi connectivity index (χ2n) is 9.06. The van der Waals surface area contributed by atoms with Gasteiger partial charge in [-0.15, -0.1) is 10.2 Å². The highest BCUT2D eigenvalue weighted by Crippen LogP contribution is 2.33. The first-order chi connectivity index (χ1) is 13.6. The number of hydrogen-bond donors (Lipinski definition) is 2. The van der Waals surface area contributed by atoms with Crippen molar-refractivity contribution >= 4 is 27.6 Å². The first-order valence-corrected chi connectivity index (χ1v) is 11.8. The summed E-state index contributed by atoms with van der Waals surface area (Å²) in [4.78, 5) is 17.1. The van der Waals surface area contributed by atoms with Crippen LogP contribution in [0.25, 0.3) is 0 Å². The van der Waals surface area contributed by atoms with Crippen LogP contribution in [0.4, 0.5) is 15.1 Å². The second-order valence-corrected chi connectivity index (χ2v) is 10.0. The van der Waals surface area contributed by atoms with Crippen LogP contribution in [0, 0.1) is 11.8 Å². The van der Waals surface area contributed by atoms with E-state index in [0.29, 0.717) is 11.2 Å². The van der Waals surface area contributed by atoms with Gasteiger partial charge in [0.1, 0.15) is 0 Å². The zero-order valence-corrected chi connectivity index (χ0v) is 18.0. The lowest BCUT2D eigenvalue weighted by molar-refractivity contribution is 0.104. The van der Waals surface area contributed by atoms with E-state index in [1.807, 2.05) is 0 Å². The first kappa shape index (κ1) is 19.9. The summed E-state index contributed by atoms with van der Waals surface area (Å²) in [5.74, 6) is 1.69. The number of rotatable bonds is 4. The van der Waals surface area contributed by atoms with E-state index in [0.717, 1.165) is 62.0 Å². The molecular formula is C20H34N6OS. The Bertz CT molecular complexity index is 643. The lowest BCUT2D eigenvalue weighted by atomic mass is 9.79. The molecular weight excluding hydrogens is 372 g/mol. The minimum absolute atomic E-state index is 0.153. The molecule has 0 aromatic carbocycles. The summed E-state index contributed by atoms with van der Waals surface area (Å²) in [5, 5.41) is 15.9. The molecule has 3 fully saturated rings. The third kappa shape index (κ3) is 4.95. The van der Waals surface area contributed by atoms with Gasteiger partial charge in [-0.1, -0.05) is 38.0 Å². The van der Waals surface area contributed by atoms with E-state index in [1.54, 1.807) is 0 Å². The molecule has 1 aliphatic heterocycles. The highest BCUT2D eigenvalue weighted by molar-refractivity contribution is 7.19. The van der Waals surface area contributed by atoms with Crippen molar-refractivity contribution < 1.29 is 4.79 Å². The number of nitrogens with one attached hydrogen (secondary N) is 2. The van der Waals surface area contributed by atoms with Crippen LogP contribution in [0.1, 0.15) is 58.8 Å². The molecule has 2 saturated carbocycles. The number of nitrogens with zero attached hydrogens (tertiary/aromatic N) is 4. The largest absolute Gasteiger partial charge is 0.344 e. The van der Waals surface area contributed by atoms with E-state index in [-0.39, 0.29) is 6.03 Å². The fraction of sp³-hybridized carbons (Fsp3) is 0.850. The Kier molecular flexibility index (Phi) is 6.35. The van der Waals surface area contributed by atoms with Gasteiger partial charge in [0.05, 0.1) is 0 Å². The summed E-state index contributed by atoms with van der Waals surface area (Å²) in [6, 6.07) is 0.900. The Labute approximate surface area is 172 Å². The number of amides is 2. The van der Waals surface area contributed by atoms with Gasteiger partial charge in [-0.25, -0.2) is 4.79 Å². The number of urea groups is 1. The smallest absolute Gasteiger partial charge is 0.321 e. The van der Waals surface area contributed by atoms with Gasteiger partial charge in [-0.3, -0.25) is 10.2 Å². The van der Waals surface area contributed by atoms with E-state index >= 15 is 0 Å². The zero-order valence-electron chi connectivity index (χ0n) is 17.2. The molecule has 28 heavy (non-hydrogen) atoms. The van der Waals surface area contributed by atoms with Crippen LogP contribution in [0.15, 0.2) is 0 Å². The van der Waals surface area contributed by atoms with Crippen LogP contribution < -0.4 is 15.5 Å². The molecule has 2 aliphatic carbocycles. The Morgan fingerprint density at radius 1 is 1.00 bits per heavy atom. The number of hydrogen-bond acceptors (Lipinski definition) is 6. The maximum Gasteiger partial charge on any atom is 0.321 e. The molecule has 0 spiro atoms. The lowest BCUT2D eigenvalue weighted by Crippen LogP contribution is -2.52. The molecule has 2 amide bonds. The summed E-state index contributed by atoms with van der Waals surface area (Å²) in [6.07, 6.45) is 8.64. The van der Waals surface area contributed by atoms with Crippen molar-refractivity contribution in [2.24, 2.45) is 11.8 Å². The molecule has 1 aromatic heterocycles. The quantitative estimate of drug-likeness (QED) is 0.800. The molecule has 3 aliphatic rings. The van der Waals surface area contributed by atoms with Crippen molar-refractivity contribution in [3.05, 3.63) is 0 Å². The molecule has 156 valence electrons. The van der Waals surface area contributed by atoms with Gasteiger partial charge < -0.3 is 10.2 Å². The predicted molar refractivity (Wildman–Crippen MR) is 114 cm³/mol. The highest BCUT2D eigenvalue weighted by atomic mass is 32.1. The molecule has 8 heteroatoms. The standard InChI is InChI=1S/C20H34N6OS/c1-14-11-15(2)13-17(12-14)25-7-9-26(10-8-25)20-24-23-19(28-20)22-18(27)21-16-5-3-4-6-16/h14-17H,3-13H2,1-2H3,(H2,21,22,23,27). The van der Waals surface area contributed by atoms with Gasteiger partial charge in [0.2, 0.25) is 10.3 Å². The lowest BCUT2D eigenvalue weighted by Gasteiger charge is -2.43. The van der Waals surface area contributed by atoms with Gasteiger partial charge in [0, 0.05) is 38.3 Å². The number of piperazine rings is 1. The van der Waals surface area contributed by atoms with Crippen LogP contribution in [-0.4, -0.2) is 59.4 Å². The number of aromatic nitrogens is 2. The molecule has 1 aromatic rings. The Hall–Kier alpha value is -1.41. The minimum atomic E-state index is -0.153. The van der Waals surface area contributed by atoms with Crippen molar-refractivity contribution in [3.63, 3.8) is 0 Å². The molecule has 7 nitrogen and oxygen atoms in total. The van der Waals surface area contributed by atoms with E-state index in [4.69, 9.17) is 0 Å². The van der Waals surface area contributed by atoms with Crippen LogP contribution in [0.2, 0.25) is 0 Å². The van der Waals surface area contributed by atoms with Crippen molar-refractivity contribution in [3.8, 4) is 0 Å². The van der Waals surface area contributed by atoms with Crippen molar-refractivity contribution in [2.45, 2.75) is 70.9 Å². The fourth-order valence-corrected chi connectivity index (χ4v) is 6.06. The number of carbonyl (C=O) groups excluding carboxylic acids is 1. The maximum atomic E-state index is 12.1. The fourth-order valence-electron chi connectivity index (χ4n) is 5.26. The molecule has 2 heterocycles. The third-order valence-corrected chi connectivity index (χ3v) is 7.48. The average molecular weight is 407 g/mol. The van der Waals surface area contributed by atoms with E-state index < -0.39 is 0 Å². The topological polar surface area (TPSA) is 73.4 Å². The highest BCUT2D eigenvalue weighted by Gasteiger charge is 2.31. The van der Waals surface area contributed by atoms with Gasteiger partial charge in [0.25, 0.3) is 0 Å².